The number of benzene rings is 1. The van der Waals surface area contributed by atoms with Gasteiger partial charge in [0.15, 0.2) is 0 Å². The van der Waals surface area contributed by atoms with Crippen LogP contribution in [0.15, 0.2) is 18.2 Å². The van der Waals surface area contributed by atoms with E-state index in [4.69, 9.17) is 18.8 Å². The summed E-state index contributed by atoms with van der Waals surface area (Å²) in [6.07, 6.45) is 1.07. The molecular formula is C15H23N3O5Si. The smallest absolute Gasteiger partial charge is 0.511 e. The first-order valence-corrected chi connectivity index (χ1v) is 8.90. The molecule has 0 aromatic heterocycles. The average Bonchev–Trinajstić information content (AvgIpc) is 2.92. The standard InChI is InChI=1S/C15H21N3O2.H2O3Si/c1-15-7-8-17(3)13(15)18(4)12-6-5-10(9-11(12)15)20-14(19)16-2;1-4(2)3/h5-6,9,13H,7-8H2,1-4H3,(H,16,19);1-2H. The number of likely N-dealkylation sites (tertiary alicyclic amines) is 1. The van der Waals surface area contributed by atoms with Gasteiger partial charge in [-0.1, -0.05) is 6.92 Å². The average molecular weight is 353 g/mol. The molecule has 1 aromatic carbocycles. The van der Waals surface area contributed by atoms with Gasteiger partial charge in [-0.3, -0.25) is 9.36 Å². The van der Waals surface area contributed by atoms with E-state index in [-0.39, 0.29) is 5.41 Å². The molecule has 0 aliphatic carbocycles. The van der Waals surface area contributed by atoms with Crippen molar-refractivity contribution in [2.24, 2.45) is 0 Å². The van der Waals surface area contributed by atoms with Gasteiger partial charge in [-0.2, -0.15) is 0 Å². The second kappa shape index (κ2) is 6.77. The van der Waals surface area contributed by atoms with E-state index >= 15 is 0 Å². The van der Waals surface area contributed by atoms with Crippen LogP contribution in [0.1, 0.15) is 18.9 Å². The zero-order valence-corrected chi connectivity index (χ0v) is 15.2. The summed E-state index contributed by atoms with van der Waals surface area (Å²) in [6, 6.07) is 5.92. The molecular weight excluding hydrogens is 330 g/mol. The van der Waals surface area contributed by atoms with E-state index in [0.717, 1.165) is 13.0 Å². The minimum Gasteiger partial charge on any atom is -0.511 e. The molecule has 8 nitrogen and oxygen atoms in total. The summed E-state index contributed by atoms with van der Waals surface area (Å²) in [4.78, 5) is 30.4. The number of ether oxygens (including phenoxy) is 1. The largest absolute Gasteiger partial charge is 0.761 e. The topological polar surface area (TPSA) is 102 Å². The lowest BCUT2D eigenvalue weighted by molar-refractivity contribution is 0.203. The molecule has 3 rings (SSSR count). The van der Waals surface area contributed by atoms with Gasteiger partial charge in [-0.25, -0.2) is 4.79 Å². The number of rotatable bonds is 1. The van der Waals surface area contributed by atoms with Crippen LogP contribution >= 0.6 is 0 Å². The van der Waals surface area contributed by atoms with Crippen LogP contribution in [0, 0.1) is 0 Å². The van der Waals surface area contributed by atoms with E-state index in [1.54, 1.807) is 7.05 Å². The molecule has 24 heavy (non-hydrogen) atoms. The van der Waals surface area contributed by atoms with E-state index in [1.165, 1.54) is 11.3 Å². The molecule has 2 aliphatic heterocycles. The Kier molecular flexibility index (Phi) is 5.14. The van der Waals surface area contributed by atoms with Gasteiger partial charge in [0.05, 0.1) is 6.17 Å². The maximum absolute atomic E-state index is 11.4. The number of hydrogen-bond donors (Lipinski definition) is 3. The van der Waals surface area contributed by atoms with Gasteiger partial charge < -0.3 is 24.5 Å². The first kappa shape index (κ1) is 18.2. The molecule has 1 fully saturated rings. The number of amides is 1. The fourth-order valence-corrected chi connectivity index (χ4v) is 3.78. The van der Waals surface area contributed by atoms with Crippen molar-refractivity contribution in [3.63, 3.8) is 0 Å². The lowest BCUT2D eigenvalue weighted by atomic mass is 9.81. The summed E-state index contributed by atoms with van der Waals surface area (Å²) < 4.78 is 14.0. The van der Waals surface area contributed by atoms with Crippen LogP contribution in [0.3, 0.4) is 0 Å². The lowest BCUT2D eigenvalue weighted by Gasteiger charge is -2.32. The van der Waals surface area contributed by atoms with Crippen LogP contribution in [0.5, 0.6) is 5.75 Å². The van der Waals surface area contributed by atoms with Crippen molar-refractivity contribution in [2.75, 3.05) is 32.6 Å². The zero-order chi connectivity index (χ0) is 18.1. The number of nitrogens with one attached hydrogen (secondary N) is 1. The van der Waals surface area contributed by atoms with Crippen molar-refractivity contribution in [1.82, 2.24) is 10.2 Å². The Morgan fingerprint density at radius 2 is 2.04 bits per heavy atom. The molecule has 1 amide bonds. The van der Waals surface area contributed by atoms with Crippen molar-refractivity contribution in [3.8, 4) is 5.75 Å². The summed E-state index contributed by atoms with van der Waals surface area (Å²) in [7, 11) is 2.73. The fraction of sp³-hybridized carbons (Fsp3) is 0.533. The maximum atomic E-state index is 11.4. The number of likely N-dealkylation sites (N-methyl/N-ethyl adjacent to an activating group) is 2. The normalized spacial score (nSPS) is 24.5. The molecule has 2 aliphatic rings. The monoisotopic (exact) mass is 353 g/mol. The predicted octanol–water partition coefficient (Wildman–Crippen LogP) is 0.160. The van der Waals surface area contributed by atoms with Crippen LogP contribution in [0.25, 0.3) is 0 Å². The van der Waals surface area contributed by atoms with E-state index in [1.807, 2.05) is 18.2 Å². The second-order valence-electron chi connectivity index (χ2n) is 6.23. The van der Waals surface area contributed by atoms with Gasteiger partial charge in [-0.15, -0.1) is 0 Å². The highest BCUT2D eigenvalue weighted by Gasteiger charge is 2.52. The molecule has 9 heteroatoms. The molecule has 3 N–H and O–H groups in total. The highest BCUT2D eigenvalue weighted by molar-refractivity contribution is 6.22. The van der Waals surface area contributed by atoms with Crippen LogP contribution in [-0.4, -0.2) is 63.6 Å². The van der Waals surface area contributed by atoms with Crippen LogP contribution in [-0.2, 0) is 9.88 Å². The lowest BCUT2D eigenvalue weighted by Crippen LogP contribution is -2.45. The molecule has 1 aromatic rings. The van der Waals surface area contributed by atoms with Crippen LogP contribution in [0.4, 0.5) is 10.5 Å². The van der Waals surface area contributed by atoms with Crippen molar-refractivity contribution in [3.05, 3.63) is 23.8 Å². The molecule has 132 valence electrons. The Morgan fingerprint density at radius 3 is 2.62 bits per heavy atom. The van der Waals surface area contributed by atoms with Crippen molar-refractivity contribution >= 4 is 21.0 Å². The van der Waals surface area contributed by atoms with Crippen LogP contribution < -0.4 is 15.0 Å². The minimum absolute atomic E-state index is 0.0981. The fourth-order valence-electron chi connectivity index (χ4n) is 3.78. The van der Waals surface area contributed by atoms with E-state index < -0.39 is 15.3 Å². The SMILES string of the molecule is CNC(=O)Oc1ccc2c(c1)C1(C)CCN(C)C1N2C.O=[Si](O)O. The highest BCUT2D eigenvalue weighted by atomic mass is 28.3. The number of carbonyl (C=O) groups is 1. The summed E-state index contributed by atoms with van der Waals surface area (Å²) in [5.41, 5.74) is 2.60. The molecule has 0 spiro atoms. The van der Waals surface area contributed by atoms with Gasteiger partial charge in [0.1, 0.15) is 5.75 Å². The number of hydrogen-bond acceptors (Lipinski definition) is 5. The predicted molar refractivity (Wildman–Crippen MR) is 89.2 cm³/mol. The number of carbonyl (C=O) groups excluding carboxylic acids is 1. The van der Waals surface area contributed by atoms with Crippen molar-refractivity contribution in [2.45, 2.75) is 24.9 Å². The van der Waals surface area contributed by atoms with E-state index in [0.29, 0.717) is 11.9 Å². The van der Waals surface area contributed by atoms with Gasteiger partial charge in [0.2, 0.25) is 0 Å². The van der Waals surface area contributed by atoms with E-state index in [9.17, 15) is 4.79 Å². The maximum Gasteiger partial charge on any atom is 0.761 e. The van der Waals surface area contributed by atoms with Gasteiger partial charge in [0, 0.05) is 31.7 Å². The zero-order valence-electron chi connectivity index (χ0n) is 14.2. The van der Waals surface area contributed by atoms with Crippen molar-refractivity contribution < 1.29 is 23.6 Å². The highest BCUT2D eigenvalue weighted by Crippen LogP contribution is 2.51. The first-order chi connectivity index (χ1) is 11.2. The molecule has 2 heterocycles. The van der Waals surface area contributed by atoms with Gasteiger partial charge in [0.25, 0.3) is 0 Å². The number of nitrogens with zero attached hydrogens (tertiary/aromatic N) is 2. The van der Waals surface area contributed by atoms with E-state index in [2.05, 4.69) is 36.1 Å². The quantitative estimate of drug-likeness (QED) is 0.618. The summed E-state index contributed by atoms with van der Waals surface area (Å²) in [5.74, 6) is 0.605. The Hall–Kier alpha value is -2.13. The minimum atomic E-state index is -3.13. The first-order valence-electron chi connectivity index (χ1n) is 7.59. The number of anilines is 1. The van der Waals surface area contributed by atoms with Crippen molar-refractivity contribution in [1.29, 1.82) is 0 Å². The Labute approximate surface area is 142 Å². The molecule has 2 unspecified atom stereocenters. The molecule has 1 saturated heterocycles. The molecule has 2 atom stereocenters. The summed E-state index contributed by atoms with van der Waals surface area (Å²) >= 11 is 0. The third-order valence-corrected chi connectivity index (χ3v) is 4.72. The third-order valence-electron chi connectivity index (χ3n) is 4.72. The molecule has 0 saturated carbocycles. The Bertz CT molecular complexity index is 652. The Balaban J connectivity index is 0.000000471. The number of fused-ring (bicyclic) bond motifs is 3. The Morgan fingerprint density at radius 1 is 1.42 bits per heavy atom. The van der Waals surface area contributed by atoms with Gasteiger partial charge in [-0.05, 0) is 37.2 Å². The molecule has 0 bridgehead atoms. The third kappa shape index (κ3) is 3.22. The van der Waals surface area contributed by atoms with Crippen LogP contribution in [0.2, 0.25) is 0 Å². The van der Waals surface area contributed by atoms with Gasteiger partial charge >= 0.3 is 15.3 Å². The summed E-state index contributed by atoms with van der Waals surface area (Å²) in [5, 5.41) is 2.47. The summed E-state index contributed by atoms with van der Waals surface area (Å²) in [6.45, 7) is 3.39. The second-order valence-corrected chi connectivity index (χ2v) is 6.80. The molecule has 0 radical (unpaired) electrons.